The minimum absolute atomic E-state index is 0.0234. The Hall–Kier alpha value is -4.13. The lowest BCUT2D eigenvalue weighted by atomic mass is 9.73. The van der Waals surface area contributed by atoms with Gasteiger partial charge in [0.1, 0.15) is 36.1 Å². The van der Waals surface area contributed by atoms with Gasteiger partial charge < -0.3 is 78.3 Å². The van der Waals surface area contributed by atoms with Crippen molar-refractivity contribution in [2.45, 2.75) is 218 Å². The smallest absolute Gasteiger partial charge is 0.341 e. The van der Waals surface area contributed by atoms with Crippen LogP contribution in [0, 0.1) is 23.7 Å². The highest BCUT2D eigenvalue weighted by molar-refractivity contribution is 5.94. The summed E-state index contributed by atoms with van der Waals surface area (Å²) in [6.45, 7) is 18.5. The predicted octanol–water partition coefficient (Wildman–Crippen LogP) is 4.34. The summed E-state index contributed by atoms with van der Waals surface area (Å²) in [7, 11) is 6.57. The molecule has 4 aliphatic heterocycles. The van der Waals surface area contributed by atoms with Crippen LogP contribution in [0.15, 0.2) is 28.3 Å². The molecule has 0 saturated carbocycles. The van der Waals surface area contributed by atoms with Gasteiger partial charge in [0.2, 0.25) is 5.43 Å². The Bertz CT molecular complexity index is 2480. The van der Waals surface area contributed by atoms with Crippen molar-refractivity contribution in [3.8, 4) is 0 Å². The third-order valence-corrected chi connectivity index (χ3v) is 17.0. The number of likely N-dealkylation sites (N-methyl/N-ethyl adjacent to an activating group) is 1. The highest BCUT2D eigenvalue weighted by Crippen LogP contribution is 2.42. The molecule has 2 aromatic rings. The number of aliphatic hydroxyl groups is 4. The molecule has 21 nitrogen and oxygen atoms in total. The minimum atomic E-state index is -1.97. The van der Waals surface area contributed by atoms with Crippen molar-refractivity contribution < 1.29 is 77.9 Å². The molecule has 3 fully saturated rings. The molecule has 6 rings (SSSR count). The molecule has 2 unspecified atom stereocenters. The number of rotatable bonds is 17. The lowest BCUT2D eigenvalue weighted by Gasteiger charge is -2.49. The van der Waals surface area contributed by atoms with Crippen molar-refractivity contribution in [2.75, 3.05) is 41.4 Å². The average Bonchev–Trinajstić information content (AvgIpc) is 3.45. The Kier molecular flexibility index (Phi) is 21.2. The molecule has 1 aromatic carbocycles. The van der Waals surface area contributed by atoms with E-state index in [1.54, 1.807) is 54.5 Å². The second-order valence-electron chi connectivity index (χ2n) is 23.5. The first-order valence-corrected chi connectivity index (χ1v) is 27.9. The van der Waals surface area contributed by atoms with Gasteiger partial charge in [0.05, 0.1) is 59.7 Å². The summed E-state index contributed by atoms with van der Waals surface area (Å²) >= 11 is 0. The molecule has 1 aromatic heterocycles. The molecule has 6 N–H and O–H groups in total. The van der Waals surface area contributed by atoms with Gasteiger partial charge in [0.15, 0.2) is 18.7 Å². The standard InChI is InChI=1S/C57H90N4O17/c1-15-41-57(10,70)49(65)32(4)44(59-72-14)30(2)27-55(8,69)50(78-54-47(64)40(60(11)12)24-31(3)73-54)33(5)48(34(6)53(68)75-41)77-43-28-56(9,71-13)51(35(7)74-43)76-42(62)20-22-58-21-16-18-36-25-37-19-17-23-61-29-39(52(66)67)46(63)38(26-36)45(37)61/h25-26,29-35,40-41,43,47-51,54,58,64-65,69-70H,15-24,27-28H2,1-14H3,(H,66,67)/b59-44+/t30-,31+,32+,33+,34+,35-,40-,41-,43?,47-,48+,49-,50-,51+,54-,55+,56?,57-/m0/s1. The summed E-state index contributed by atoms with van der Waals surface area (Å²) in [6.07, 6.45) is -5.45. The van der Waals surface area contributed by atoms with Crippen LogP contribution < -0.4 is 10.7 Å². The van der Waals surface area contributed by atoms with Gasteiger partial charge in [-0.15, -0.1) is 0 Å². The molecule has 0 radical (unpaired) electrons. The Labute approximate surface area is 459 Å². The summed E-state index contributed by atoms with van der Waals surface area (Å²) in [6, 6.07) is 3.54. The summed E-state index contributed by atoms with van der Waals surface area (Å²) in [4.78, 5) is 60.3. The van der Waals surface area contributed by atoms with Gasteiger partial charge >= 0.3 is 17.9 Å². The van der Waals surface area contributed by atoms with Gasteiger partial charge in [-0.3, -0.25) is 14.4 Å². The van der Waals surface area contributed by atoms with Gasteiger partial charge in [-0.2, -0.15) is 0 Å². The van der Waals surface area contributed by atoms with E-state index in [2.05, 4.69) is 16.5 Å². The molecule has 21 heteroatoms. The van der Waals surface area contributed by atoms with E-state index in [9.17, 15) is 44.7 Å². The van der Waals surface area contributed by atoms with Crippen LogP contribution in [0.3, 0.4) is 0 Å². The number of aromatic nitrogens is 1. The number of methoxy groups -OCH3 is 1. The molecule has 0 amide bonds. The van der Waals surface area contributed by atoms with Crippen molar-refractivity contribution in [2.24, 2.45) is 28.8 Å². The largest absolute Gasteiger partial charge is 0.477 e. The molecule has 440 valence electrons. The SMILES string of the molecule is CC[C@@H]1OC(=O)[C@H](C)[C@H](OC2CC(C)(OC)[C@H](OC(=O)CCNCCCc3cc4c5c(c3)c(=O)c(C(=O)O)cn5CCC4)[C@H](C)O2)[C@@H](C)[C@H](O[C@@H]2O[C@H](C)C[C@H](N(C)C)[C@@H]2O)[C@](C)(O)C[C@H](C)/C(=N\OC)[C@@H](C)[C@H](O)[C@@]1(C)O. The third-order valence-electron chi connectivity index (χ3n) is 17.0. The number of carboxylic acids is 1. The van der Waals surface area contributed by atoms with Crippen molar-refractivity contribution in [3.05, 3.63) is 45.2 Å². The number of hydrogen-bond acceptors (Lipinski definition) is 19. The second-order valence-corrected chi connectivity index (χ2v) is 23.5. The lowest BCUT2D eigenvalue weighted by Crippen LogP contribution is -2.61. The van der Waals surface area contributed by atoms with E-state index in [4.69, 9.17) is 38.0 Å². The number of aromatic carboxylic acids is 1. The molecule has 0 aliphatic carbocycles. The van der Waals surface area contributed by atoms with Gasteiger partial charge in [0, 0.05) is 62.0 Å². The topological polar surface area (TPSA) is 276 Å². The number of hydrogen-bond donors (Lipinski definition) is 6. The number of pyridine rings is 1. The van der Waals surface area contributed by atoms with E-state index in [0.717, 1.165) is 29.5 Å². The fourth-order valence-corrected chi connectivity index (χ4v) is 12.6. The molecule has 0 bridgehead atoms. The summed E-state index contributed by atoms with van der Waals surface area (Å²) in [5.74, 6) is -5.96. The normalized spacial score (nSPS) is 37.7. The van der Waals surface area contributed by atoms with E-state index >= 15 is 0 Å². The minimum Gasteiger partial charge on any atom is -0.477 e. The molecule has 18 atom stereocenters. The maximum absolute atomic E-state index is 14.6. The number of aryl methyl sites for hydroxylation is 3. The average molecular weight is 1100 g/mol. The number of benzene rings is 1. The fourth-order valence-electron chi connectivity index (χ4n) is 12.6. The monoisotopic (exact) mass is 1100 g/mol. The number of carboxylic acid groups (broad SMARTS) is 1. The first-order valence-electron chi connectivity index (χ1n) is 27.9. The number of carbonyl (C=O) groups excluding carboxylic acids is 2. The summed E-state index contributed by atoms with van der Waals surface area (Å²) in [5, 5.41) is 66.2. The number of esters is 2. The van der Waals surface area contributed by atoms with Crippen molar-refractivity contribution in [1.29, 1.82) is 0 Å². The van der Waals surface area contributed by atoms with Crippen LogP contribution in [0.5, 0.6) is 0 Å². The number of nitrogens with one attached hydrogen (secondary N) is 1. The third kappa shape index (κ3) is 13.9. The van der Waals surface area contributed by atoms with Crippen LogP contribution >= 0.6 is 0 Å². The second kappa shape index (κ2) is 26.2. The van der Waals surface area contributed by atoms with Crippen LogP contribution in [-0.2, 0) is 67.0 Å². The van der Waals surface area contributed by atoms with E-state index in [0.29, 0.717) is 50.0 Å². The van der Waals surface area contributed by atoms with Crippen LogP contribution in [-0.4, -0.2) is 184 Å². The van der Waals surface area contributed by atoms with E-state index in [1.807, 2.05) is 37.4 Å². The van der Waals surface area contributed by atoms with Crippen molar-refractivity contribution in [3.63, 3.8) is 0 Å². The van der Waals surface area contributed by atoms with Crippen LogP contribution in [0.4, 0.5) is 0 Å². The molecule has 0 spiro atoms. The molecule has 3 saturated heterocycles. The van der Waals surface area contributed by atoms with Crippen molar-refractivity contribution in [1.82, 2.24) is 14.8 Å². The fraction of sp³-hybridized carbons (Fsp3) is 0.772. The zero-order valence-corrected chi connectivity index (χ0v) is 48.4. The Morgan fingerprint density at radius 1 is 0.949 bits per heavy atom. The zero-order valence-electron chi connectivity index (χ0n) is 48.4. The Balaban J connectivity index is 1.19. The van der Waals surface area contributed by atoms with Gasteiger partial charge in [-0.05, 0) is 124 Å². The number of oxime groups is 1. The number of aliphatic hydroxyl groups excluding tert-OH is 2. The number of nitrogens with zero attached hydrogens (tertiary/aromatic N) is 3. The molecule has 78 heavy (non-hydrogen) atoms. The van der Waals surface area contributed by atoms with Crippen LogP contribution in [0.25, 0.3) is 10.9 Å². The summed E-state index contributed by atoms with van der Waals surface area (Å²) in [5.41, 5.74) is -2.54. The Morgan fingerprint density at radius 3 is 2.29 bits per heavy atom. The van der Waals surface area contributed by atoms with Gasteiger partial charge in [-0.25, -0.2) is 4.79 Å². The quantitative estimate of drug-likeness (QED) is 0.0730. The molecule has 5 heterocycles. The Morgan fingerprint density at radius 2 is 1.65 bits per heavy atom. The first kappa shape index (κ1) is 63.1. The number of ether oxygens (including phenoxy) is 7. The summed E-state index contributed by atoms with van der Waals surface area (Å²) < 4.78 is 46.7. The maximum Gasteiger partial charge on any atom is 0.341 e. The molecule has 4 aliphatic rings. The lowest BCUT2D eigenvalue weighted by molar-refractivity contribution is -0.318. The first-order chi connectivity index (χ1) is 36.6. The maximum atomic E-state index is 14.6. The zero-order chi connectivity index (χ0) is 57.8. The number of carbonyl (C=O) groups is 3. The van der Waals surface area contributed by atoms with E-state index in [-0.39, 0.29) is 43.4 Å². The van der Waals surface area contributed by atoms with Gasteiger partial charge in [-0.1, -0.05) is 38.9 Å². The van der Waals surface area contributed by atoms with Crippen LogP contribution in [0.2, 0.25) is 0 Å². The van der Waals surface area contributed by atoms with E-state index in [1.165, 1.54) is 27.3 Å². The van der Waals surface area contributed by atoms with Crippen molar-refractivity contribution >= 4 is 34.5 Å². The van der Waals surface area contributed by atoms with Gasteiger partial charge in [0.25, 0.3) is 0 Å². The van der Waals surface area contributed by atoms with Crippen LogP contribution in [0.1, 0.15) is 136 Å². The van der Waals surface area contributed by atoms with E-state index < -0.39 is 119 Å². The number of cyclic esters (lactones) is 1. The highest BCUT2D eigenvalue weighted by atomic mass is 16.7. The predicted molar refractivity (Wildman–Crippen MR) is 289 cm³/mol. The molecular formula is C57H90N4O17. The highest BCUT2D eigenvalue weighted by Gasteiger charge is 2.54. The molecular weight excluding hydrogens is 1010 g/mol.